The van der Waals surface area contributed by atoms with E-state index in [-0.39, 0.29) is 6.04 Å². The molecular formula is C15H14ClF2N. The average Bonchev–Trinajstić information content (AvgIpc) is 2.41. The van der Waals surface area contributed by atoms with E-state index in [1.54, 1.807) is 19.2 Å². The topological polar surface area (TPSA) is 12.0 Å². The Morgan fingerprint density at radius 3 is 2.53 bits per heavy atom. The first kappa shape index (κ1) is 14.0. The van der Waals surface area contributed by atoms with Gasteiger partial charge in [-0.05, 0) is 31.2 Å². The SMILES string of the molecule is CNC(Cc1ccccc1Cl)c1cccc(F)c1F. The van der Waals surface area contributed by atoms with Crippen molar-refractivity contribution in [2.45, 2.75) is 12.5 Å². The highest BCUT2D eigenvalue weighted by Crippen LogP contribution is 2.25. The third-order valence-corrected chi connectivity index (χ3v) is 3.46. The molecule has 0 aliphatic carbocycles. The zero-order valence-corrected chi connectivity index (χ0v) is 11.2. The van der Waals surface area contributed by atoms with Gasteiger partial charge < -0.3 is 5.32 Å². The maximum Gasteiger partial charge on any atom is 0.163 e. The minimum Gasteiger partial charge on any atom is -0.313 e. The van der Waals surface area contributed by atoms with E-state index in [1.165, 1.54) is 6.07 Å². The molecule has 0 aromatic heterocycles. The monoisotopic (exact) mass is 281 g/mol. The van der Waals surface area contributed by atoms with Crippen molar-refractivity contribution in [2.24, 2.45) is 0 Å². The molecule has 4 heteroatoms. The van der Waals surface area contributed by atoms with Crippen LogP contribution in [0.4, 0.5) is 8.78 Å². The molecule has 0 heterocycles. The number of rotatable bonds is 4. The summed E-state index contributed by atoms with van der Waals surface area (Å²) in [5.41, 5.74) is 1.20. The van der Waals surface area contributed by atoms with E-state index in [1.807, 2.05) is 18.2 Å². The zero-order chi connectivity index (χ0) is 13.8. The second-order valence-corrected chi connectivity index (χ2v) is 4.69. The van der Waals surface area contributed by atoms with E-state index < -0.39 is 11.6 Å². The quantitative estimate of drug-likeness (QED) is 0.889. The molecule has 100 valence electrons. The summed E-state index contributed by atoms with van der Waals surface area (Å²) >= 11 is 6.09. The van der Waals surface area contributed by atoms with Gasteiger partial charge in [0.2, 0.25) is 0 Å². The highest BCUT2D eigenvalue weighted by Gasteiger charge is 2.18. The van der Waals surface area contributed by atoms with Crippen molar-refractivity contribution in [2.75, 3.05) is 7.05 Å². The van der Waals surface area contributed by atoms with Crippen molar-refractivity contribution in [3.05, 3.63) is 70.2 Å². The first-order chi connectivity index (χ1) is 9.13. The predicted molar refractivity (Wildman–Crippen MR) is 73.3 cm³/mol. The van der Waals surface area contributed by atoms with Crippen LogP contribution in [0.5, 0.6) is 0 Å². The maximum absolute atomic E-state index is 13.8. The average molecular weight is 282 g/mol. The van der Waals surface area contributed by atoms with Gasteiger partial charge in [-0.15, -0.1) is 0 Å². The van der Waals surface area contributed by atoms with Crippen molar-refractivity contribution in [1.29, 1.82) is 0 Å². The molecule has 0 aliphatic heterocycles. The van der Waals surface area contributed by atoms with Crippen molar-refractivity contribution < 1.29 is 8.78 Å². The summed E-state index contributed by atoms with van der Waals surface area (Å²) in [7, 11) is 1.71. The van der Waals surface area contributed by atoms with Crippen LogP contribution in [0.2, 0.25) is 5.02 Å². The van der Waals surface area contributed by atoms with Gasteiger partial charge in [0.25, 0.3) is 0 Å². The lowest BCUT2D eigenvalue weighted by molar-refractivity contribution is 0.473. The normalized spacial score (nSPS) is 12.4. The highest BCUT2D eigenvalue weighted by atomic mass is 35.5. The van der Waals surface area contributed by atoms with Crippen LogP contribution in [0.15, 0.2) is 42.5 Å². The van der Waals surface area contributed by atoms with Crippen molar-refractivity contribution in [3.63, 3.8) is 0 Å². The Bertz CT molecular complexity index is 572. The van der Waals surface area contributed by atoms with Crippen LogP contribution in [0.25, 0.3) is 0 Å². The van der Waals surface area contributed by atoms with Gasteiger partial charge in [-0.3, -0.25) is 0 Å². The minimum absolute atomic E-state index is 0.308. The third kappa shape index (κ3) is 3.11. The summed E-state index contributed by atoms with van der Waals surface area (Å²) in [4.78, 5) is 0. The lowest BCUT2D eigenvalue weighted by Gasteiger charge is -2.18. The van der Waals surface area contributed by atoms with E-state index >= 15 is 0 Å². The molecule has 0 amide bonds. The second kappa shape index (κ2) is 6.13. The smallest absolute Gasteiger partial charge is 0.163 e. The van der Waals surface area contributed by atoms with Gasteiger partial charge in [-0.1, -0.05) is 41.9 Å². The van der Waals surface area contributed by atoms with Crippen LogP contribution >= 0.6 is 11.6 Å². The molecule has 1 N–H and O–H groups in total. The molecule has 0 radical (unpaired) electrons. The minimum atomic E-state index is -0.836. The first-order valence-corrected chi connectivity index (χ1v) is 6.36. The molecule has 2 aromatic rings. The number of nitrogens with one attached hydrogen (secondary N) is 1. The molecular weight excluding hydrogens is 268 g/mol. The molecule has 0 fully saturated rings. The molecule has 1 nitrogen and oxygen atoms in total. The lowest BCUT2D eigenvalue weighted by Crippen LogP contribution is -2.20. The van der Waals surface area contributed by atoms with E-state index in [0.29, 0.717) is 17.0 Å². The van der Waals surface area contributed by atoms with Crippen LogP contribution in [-0.2, 0) is 6.42 Å². The van der Waals surface area contributed by atoms with Gasteiger partial charge >= 0.3 is 0 Å². The third-order valence-electron chi connectivity index (χ3n) is 3.09. The molecule has 0 bridgehead atoms. The Morgan fingerprint density at radius 1 is 1.11 bits per heavy atom. The fourth-order valence-corrected chi connectivity index (χ4v) is 2.25. The highest BCUT2D eigenvalue weighted by molar-refractivity contribution is 6.31. The van der Waals surface area contributed by atoms with Crippen molar-refractivity contribution >= 4 is 11.6 Å². The van der Waals surface area contributed by atoms with Crippen LogP contribution in [0.3, 0.4) is 0 Å². The molecule has 0 saturated heterocycles. The summed E-state index contributed by atoms with van der Waals surface area (Å²) in [5.74, 6) is -1.65. The number of halogens is 3. The van der Waals surface area contributed by atoms with Crippen LogP contribution < -0.4 is 5.32 Å². The van der Waals surface area contributed by atoms with Crippen LogP contribution in [-0.4, -0.2) is 7.05 Å². The Hall–Kier alpha value is -1.45. The van der Waals surface area contributed by atoms with Crippen molar-refractivity contribution in [1.82, 2.24) is 5.32 Å². The summed E-state index contributed by atoms with van der Waals surface area (Å²) in [5, 5.41) is 3.62. The predicted octanol–water partition coefficient (Wildman–Crippen LogP) is 4.12. The summed E-state index contributed by atoms with van der Waals surface area (Å²) in [6, 6.07) is 11.2. The lowest BCUT2D eigenvalue weighted by atomic mass is 9.98. The summed E-state index contributed by atoms with van der Waals surface area (Å²) < 4.78 is 27.1. The standard InChI is InChI=1S/C15H14ClF2N/c1-19-14(9-10-5-2-3-7-12(10)16)11-6-4-8-13(17)15(11)18/h2-8,14,19H,9H2,1H3. The number of likely N-dealkylation sites (N-methyl/N-ethyl adjacent to an activating group) is 1. The van der Waals surface area contributed by atoms with E-state index in [2.05, 4.69) is 5.32 Å². The van der Waals surface area contributed by atoms with Crippen LogP contribution in [0, 0.1) is 11.6 Å². The van der Waals surface area contributed by atoms with E-state index in [9.17, 15) is 8.78 Å². The Balaban J connectivity index is 2.31. The molecule has 0 aliphatic rings. The second-order valence-electron chi connectivity index (χ2n) is 4.28. The van der Waals surface area contributed by atoms with Crippen LogP contribution in [0.1, 0.15) is 17.2 Å². The van der Waals surface area contributed by atoms with Gasteiger partial charge in [0.15, 0.2) is 11.6 Å². The fraction of sp³-hybridized carbons (Fsp3) is 0.200. The van der Waals surface area contributed by atoms with Gasteiger partial charge in [0, 0.05) is 16.6 Å². The molecule has 2 rings (SSSR count). The van der Waals surface area contributed by atoms with E-state index in [4.69, 9.17) is 11.6 Å². The van der Waals surface area contributed by atoms with Gasteiger partial charge in [-0.25, -0.2) is 8.78 Å². The summed E-state index contributed by atoms with van der Waals surface area (Å²) in [6.07, 6.45) is 0.497. The number of benzene rings is 2. The molecule has 0 spiro atoms. The number of hydrogen-bond donors (Lipinski definition) is 1. The largest absolute Gasteiger partial charge is 0.313 e. The van der Waals surface area contributed by atoms with Crippen molar-refractivity contribution in [3.8, 4) is 0 Å². The maximum atomic E-state index is 13.8. The zero-order valence-electron chi connectivity index (χ0n) is 10.5. The molecule has 1 atom stereocenters. The first-order valence-electron chi connectivity index (χ1n) is 5.98. The Labute approximate surface area is 116 Å². The molecule has 0 saturated carbocycles. The number of hydrogen-bond acceptors (Lipinski definition) is 1. The molecule has 19 heavy (non-hydrogen) atoms. The van der Waals surface area contributed by atoms with E-state index in [0.717, 1.165) is 11.6 Å². The Kier molecular flexibility index (Phi) is 4.51. The Morgan fingerprint density at radius 2 is 1.84 bits per heavy atom. The van der Waals surface area contributed by atoms with Gasteiger partial charge in [0.1, 0.15) is 0 Å². The van der Waals surface area contributed by atoms with Gasteiger partial charge in [-0.2, -0.15) is 0 Å². The fourth-order valence-electron chi connectivity index (χ4n) is 2.04. The summed E-state index contributed by atoms with van der Waals surface area (Å²) in [6.45, 7) is 0. The molecule has 2 aromatic carbocycles. The van der Waals surface area contributed by atoms with Gasteiger partial charge in [0.05, 0.1) is 0 Å². The molecule has 1 unspecified atom stereocenters.